The topological polar surface area (TPSA) is 71.6 Å². The summed E-state index contributed by atoms with van der Waals surface area (Å²) in [5.74, 6) is 0.543. The maximum Gasteiger partial charge on any atom is 0.255 e. The average molecular weight is 352 g/mol. The molecule has 0 atom stereocenters. The molecule has 1 aliphatic rings. The smallest absolute Gasteiger partial charge is 0.255 e. The molecule has 7 nitrogen and oxygen atoms in total. The van der Waals surface area contributed by atoms with Crippen molar-refractivity contribution in [3.8, 4) is 0 Å². The summed E-state index contributed by atoms with van der Waals surface area (Å²) in [6.45, 7) is 3.88. The Morgan fingerprint density at radius 1 is 1.00 bits per heavy atom. The Morgan fingerprint density at radius 3 is 2.27 bits per heavy atom. The van der Waals surface area contributed by atoms with Crippen LogP contribution in [0.3, 0.4) is 0 Å². The van der Waals surface area contributed by atoms with E-state index in [4.69, 9.17) is 4.42 Å². The summed E-state index contributed by atoms with van der Waals surface area (Å²) in [5.41, 5.74) is 2.62. The maximum atomic E-state index is 12.8. The molecule has 1 aliphatic heterocycles. The van der Waals surface area contributed by atoms with E-state index < -0.39 is 0 Å². The van der Waals surface area contributed by atoms with Crippen LogP contribution in [0, 0.1) is 6.92 Å². The Morgan fingerprint density at radius 2 is 1.65 bits per heavy atom. The number of hydrogen-bond acceptors (Lipinski definition) is 4. The zero-order chi connectivity index (χ0) is 18.3. The third-order valence-electron chi connectivity index (χ3n) is 4.68. The second-order valence-electron chi connectivity index (χ2n) is 6.57. The summed E-state index contributed by atoms with van der Waals surface area (Å²) in [6.07, 6.45) is 3.67. The predicted octanol–water partition coefficient (Wildman–Crippen LogP) is 2.07. The Kier molecular flexibility index (Phi) is 3.99. The molecule has 0 unspecified atom stereocenters. The number of piperazine rings is 1. The Balaban J connectivity index is 1.43. The van der Waals surface area contributed by atoms with E-state index >= 15 is 0 Å². The number of oxazole rings is 1. The highest BCUT2D eigenvalue weighted by Gasteiger charge is 2.26. The largest absolute Gasteiger partial charge is 0.441 e. The summed E-state index contributed by atoms with van der Waals surface area (Å²) in [6, 6.07) is 7.12. The second-order valence-corrected chi connectivity index (χ2v) is 6.57. The van der Waals surface area contributed by atoms with Gasteiger partial charge in [0.2, 0.25) is 0 Å². The van der Waals surface area contributed by atoms with E-state index in [9.17, 15) is 9.59 Å². The van der Waals surface area contributed by atoms with Gasteiger partial charge in [0.1, 0.15) is 5.52 Å². The molecule has 4 rings (SSSR count). The van der Waals surface area contributed by atoms with Crippen LogP contribution in [-0.2, 0) is 7.05 Å². The van der Waals surface area contributed by atoms with Crippen molar-refractivity contribution >= 4 is 22.9 Å². The quantitative estimate of drug-likeness (QED) is 0.708. The molecule has 2 amide bonds. The minimum atomic E-state index is -0.0484. The van der Waals surface area contributed by atoms with Crippen LogP contribution in [-0.4, -0.2) is 57.3 Å². The molecule has 1 saturated heterocycles. The third-order valence-corrected chi connectivity index (χ3v) is 4.68. The molecule has 1 aromatic carbocycles. The van der Waals surface area contributed by atoms with Crippen LogP contribution in [0.1, 0.15) is 26.6 Å². The molecule has 0 N–H and O–H groups in total. The second kappa shape index (κ2) is 6.33. The lowest BCUT2D eigenvalue weighted by atomic mass is 10.1. The zero-order valence-electron chi connectivity index (χ0n) is 14.8. The van der Waals surface area contributed by atoms with Gasteiger partial charge >= 0.3 is 0 Å². The predicted molar refractivity (Wildman–Crippen MR) is 96.0 cm³/mol. The molecule has 134 valence electrons. The van der Waals surface area contributed by atoms with Crippen LogP contribution < -0.4 is 0 Å². The molecule has 26 heavy (non-hydrogen) atoms. The standard InChI is InChI=1S/C19H20N4O3/c1-13-20-16-4-3-14(11-17(16)26-13)18(24)22-7-9-23(10-8-22)19(25)15-5-6-21(2)12-15/h3-6,11-12H,7-10H2,1-2H3. The molecule has 1 fully saturated rings. The molecule has 3 aromatic rings. The molecule has 3 heterocycles. The zero-order valence-corrected chi connectivity index (χ0v) is 14.8. The normalized spacial score (nSPS) is 14.8. The van der Waals surface area contributed by atoms with Gasteiger partial charge in [-0.2, -0.15) is 0 Å². The number of carbonyl (C=O) groups excluding carboxylic acids is 2. The van der Waals surface area contributed by atoms with Crippen LogP contribution in [0.4, 0.5) is 0 Å². The number of rotatable bonds is 2. The van der Waals surface area contributed by atoms with Crippen molar-refractivity contribution < 1.29 is 14.0 Å². The number of carbonyl (C=O) groups is 2. The number of fused-ring (bicyclic) bond motifs is 1. The van der Waals surface area contributed by atoms with Gasteiger partial charge in [0.25, 0.3) is 11.8 Å². The highest BCUT2D eigenvalue weighted by atomic mass is 16.3. The first-order valence-corrected chi connectivity index (χ1v) is 8.59. The van der Waals surface area contributed by atoms with Crippen molar-refractivity contribution in [2.24, 2.45) is 7.05 Å². The van der Waals surface area contributed by atoms with Crippen LogP contribution in [0.5, 0.6) is 0 Å². The lowest BCUT2D eigenvalue weighted by molar-refractivity contribution is 0.0535. The van der Waals surface area contributed by atoms with Crippen LogP contribution in [0.25, 0.3) is 11.1 Å². The van der Waals surface area contributed by atoms with E-state index in [1.807, 2.05) is 30.1 Å². The lowest BCUT2D eigenvalue weighted by Crippen LogP contribution is -2.50. The fourth-order valence-corrected chi connectivity index (χ4v) is 3.28. The van der Waals surface area contributed by atoms with E-state index in [1.165, 1.54) is 0 Å². The van der Waals surface area contributed by atoms with Crippen molar-refractivity contribution in [1.29, 1.82) is 0 Å². The first kappa shape index (κ1) is 16.4. The first-order valence-electron chi connectivity index (χ1n) is 8.59. The maximum absolute atomic E-state index is 12.8. The van der Waals surface area contributed by atoms with E-state index in [0.717, 1.165) is 5.52 Å². The summed E-state index contributed by atoms with van der Waals surface area (Å²) < 4.78 is 7.36. The molecule has 0 aliphatic carbocycles. The van der Waals surface area contributed by atoms with Gasteiger partial charge in [-0.25, -0.2) is 4.98 Å². The van der Waals surface area contributed by atoms with Crippen molar-refractivity contribution in [2.75, 3.05) is 26.2 Å². The first-order chi connectivity index (χ1) is 12.5. The van der Waals surface area contributed by atoms with Crippen LogP contribution in [0.15, 0.2) is 41.1 Å². The summed E-state index contributed by atoms with van der Waals surface area (Å²) in [7, 11) is 1.89. The molecule has 7 heteroatoms. The van der Waals surface area contributed by atoms with Gasteiger partial charge in [-0.3, -0.25) is 9.59 Å². The summed E-state index contributed by atoms with van der Waals surface area (Å²) in [4.78, 5) is 33.1. The van der Waals surface area contributed by atoms with E-state index in [0.29, 0.717) is 48.8 Å². The van der Waals surface area contributed by atoms with Gasteiger partial charge in [0, 0.05) is 58.1 Å². The summed E-state index contributed by atoms with van der Waals surface area (Å²) in [5, 5.41) is 0. The van der Waals surface area contributed by atoms with Gasteiger partial charge in [-0.05, 0) is 24.3 Å². The minimum Gasteiger partial charge on any atom is -0.441 e. The van der Waals surface area contributed by atoms with Crippen molar-refractivity contribution in [3.63, 3.8) is 0 Å². The van der Waals surface area contributed by atoms with Gasteiger partial charge in [-0.1, -0.05) is 0 Å². The molecular weight excluding hydrogens is 332 g/mol. The van der Waals surface area contributed by atoms with Crippen LogP contribution >= 0.6 is 0 Å². The summed E-state index contributed by atoms with van der Waals surface area (Å²) >= 11 is 0. The van der Waals surface area contributed by atoms with E-state index in [1.54, 1.807) is 34.9 Å². The highest BCUT2D eigenvalue weighted by molar-refractivity contribution is 5.97. The molecular formula is C19H20N4O3. The molecule has 0 bridgehead atoms. The monoisotopic (exact) mass is 352 g/mol. The third kappa shape index (κ3) is 2.96. The van der Waals surface area contributed by atoms with Crippen molar-refractivity contribution in [1.82, 2.24) is 19.4 Å². The van der Waals surface area contributed by atoms with Gasteiger partial charge in [0.05, 0.1) is 5.56 Å². The number of aromatic nitrogens is 2. The number of benzene rings is 1. The van der Waals surface area contributed by atoms with Crippen molar-refractivity contribution in [3.05, 3.63) is 53.7 Å². The molecule has 0 radical (unpaired) electrons. The Bertz CT molecular complexity index is 980. The fourth-order valence-electron chi connectivity index (χ4n) is 3.28. The van der Waals surface area contributed by atoms with E-state index in [2.05, 4.69) is 4.98 Å². The number of hydrogen-bond donors (Lipinski definition) is 0. The highest BCUT2D eigenvalue weighted by Crippen LogP contribution is 2.19. The Labute approximate surface area is 150 Å². The SMILES string of the molecule is Cc1nc2ccc(C(=O)N3CCN(C(=O)c4ccn(C)c4)CC3)cc2o1. The van der Waals surface area contributed by atoms with Gasteiger partial charge in [0.15, 0.2) is 11.5 Å². The van der Waals surface area contributed by atoms with Gasteiger partial charge < -0.3 is 18.8 Å². The van der Waals surface area contributed by atoms with Crippen molar-refractivity contribution in [2.45, 2.75) is 6.92 Å². The minimum absolute atomic E-state index is 0.0104. The van der Waals surface area contributed by atoms with E-state index in [-0.39, 0.29) is 11.8 Å². The lowest BCUT2D eigenvalue weighted by Gasteiger charge is -2.34. The fraction of sp³-hybridized carbons (Fsp3) is 0.316. The molecule has 0 spiro atoms. The number of amides is 2. The van der Waals surface area contributed by atoms with Gasteiger partial charge in [-0.15, -0.1) is 0 Å². The number of nitrogens with zero attached hydrogens (tertiary/aromatic N) is 4. The Hall–Kier alpha value is -3.09. The molecule has 2 aromatic heterocycles. The average Bonchev–Trinajstić information content (AvgIpc) is 3.24. The van der Waals surface area contributed by atoms with Crippen LogP contribution in [0.2, 0.25) is 0 Å². The molecule has 0 saturated carbocycles. The number of aryl methyl sites for hydroxylation is 2.